The fourth-order valence-electron chi connectivity index (χ4n) is 4.70. The summed E-state index contributed by atoms with van der Waals surface area (Å²) in [6, 6.07) is 7.81. The van der Waals surface area contributed by atoms with Crippen molar-refractivity contribution in [3.63, 3.8) is 0 Å². The zero-order valence-corrected chi connectivity index (χ0v) is 18.2. The number of benzene rings is 1. The summed E-state index contributed by atoms with van der Waals surface area (Å²) in [5.41, 5.74) is 1.76. The number of rotatable bonds is 2. The van der Waals surface area contributed by atoms with E-state index in [2.05, 4.69) is 4.98 Å². The predicted octanol–water partition coefficient (Wildman–Crippen LogP) is 5.14. The Kier molecular flexibility index (Phi) is 5.02. The van der Waals surface area contributed by atoms with Crippen LogP contribution in [0.3, 0.4) is 0 Å². The van der Waals surface area contributed by atoms with Gasteiger partial charge in [-0.15, -0.1) is 0 Å². The Morgan fingerprint density at radius 3 is 2.68 bits per heavy atom. The first kappa shape index (κ1) is 20.5. The number of hydrogen-bond donors (Lipinski definition) is 0. The normalized spacial score (nSPS) is 27.8. The molecule has 4 unspecified atom stereocenters. The number of ketones is 1. The number of anilines is 1. The minimum atomic E-state index is -1.05. The molecule has 1 fully saturated rings. The third-order valence-electron chi connectivity index (χ3n) is 6.19. The summed E-state index contributed by atoms with van der Waals surface area (Å²) in [6.45, 7) is 1.89. The molecule has 2 aromatic rings. The number of carbonyl (C=O) groups is 2. The van der Waals surface area contributed by atoms with Crippen molar-refractivity contribution in [2.45, 2.75) is 44.5 Å². The van der Waals surface area contributed by atoms with E-state index in [1.807, 2.05) is 13.0 Å². The molecule has 0 saturated heterocycles. The van der Waals surface area contributed by atoms with Gasteiger partial charge in [-0.05, 0) is 61.6 Å². The standard InChI is InChI=1S/C23H19Cl2FN2O3/c1-11-6-7-27-18(8-11)28-20(12-2-4-15(24)16(25)9-12)19-21(29)14-10-13(26)3-5-17(14)31-22(19)23(28)30/h2,4,6-9,13-14,17,20H,3,5,10H2,1H3. The average molecular weight is 461 g/mol. The Hall–Kier alpha value is -2.44. The number of alkyl halides is 1. The maximum atomic E-state index is 14.1. The van der Waals surface area contributed by atoms with E-state index >= 15 is 0 Å². The molecule has 1 amide bonds. The number of Topliss-reactive ketones (excluding diaryl/α,β-unsaturated/α-hetero) is 1. The molecule has 1 aliphatic carbocycles. The van der Waals surface area contributed by atoms with Crippen molar-refractivity contribution in [1.29, 1.82) is 0 Å². The van der Waals surface area contributed by atoms with E-state index in [9.17, 15) is 14.0 Å². The van der Waals surface area contributed by atoms with Gasteiger partial charge in [-0.25, -0.2) is 9.37 Å². The maximum absolute atomic E-state index is 14.1. The van der Waals surface area contributed by atoms with Crippen LogP contribution in [0.5, 0.6) is 0 Å². The molecule has 31 heavy (non-hydrogen) atoms. The van der Waals surface area contributed by atoms with Crippen LogP contribution in [0, 0.1) is 12.8 Å². The molecule has 3 aliphatic rings. The third-order valence-corrected chi connectivity index (χ3v) is 6.93. The lowest BCUT2D eigenvalue weighted by atomic mass is 9.77. The molecule has 5 nitrogen and oxygen atoms in total. The fourth-order valence-corrected chi connectivity index (χ4v) is 5.01. The van der Waals surface area contributed by atoms with Gasteiger partial charge in [0, 0.05) is 6.20 Å². The van der Waals surface area contributed by atoms with Crippen LogP contribution in [-0.4, -0.2) is 29.0 Å². The Bertz CT molecular complexity index is 1140. The van der Waals surface area contributed by atoms with Crippen LogP contribution in [0.1, 0.15) is 36.4 Å². The lowest BCUT2D eigenvalue weighted by Crippen LogP contribution is -2.42. The molecule has 0 N–H and O–H groups in total. The summed E-state index contributed by atoms with van der Waals surface area (Å²) < 4.78 is 20.2. The van der Waals surface area contributed by atoms with Crippen LogP contribution in [0.4, 0.5) is 10.2 Å². The molecule has 160 valence electrons. The smallest absolute Gasteiger partial charge is 0.295 e. The van der Waals surface area contributed by atoms with Crippen molar-refractivity contribution in [3.05, 3.63) is 69.0 Å². The molecule has 3 heterocycles. The summed E-state index contributed by atoms with van der Waals surface area (Å²) in [5, 5.41) is 0.671. The fraction of sp³-hybridized carbons (Fsp3) is 0.348. The van der Waals surface area contributed by atoms with E-state index in [1.54, 1.807) is 30.5 Å². The number of fused-ring (bicyclic) bond motifs is 1. The number of aryl methyl sites for hydroxylation is 1. The van der Waals surface area contributed by atoms with Crippen molar-refractivity contribution in [2.75, 3.05) is 4.90 Å². The number of aromatic nitrogens is 1. The van der Waals surface area contributed by atoms with Gasteiger partial charge in [-0.1, -0.05) is 29.3 Å². The second-order valence-corrected chi connectivity index (χ2v) is 9.04. The van der Waals surface area contributed by atoms with E-state index < -0.39 is 30.1 Å². The second kappa shape index (κ2) is 7.61. The van der Waals surface area contributed by atoms with Gasteiger partial charge >= 0.3 is 0 Å². The number of nitrogens with zero attached hydrogens (tertiary/aromatic N) is 2. The van der Waals surface area contributed by atoms with E-state index in [1.165, 1.54) is 4.90 Å². The first-order valence-electron chi connectivity index (χ1n) is 10.2. The van der Waals surface area contributed by atoms with Gasteiger partial charge in [0.15, 0.2) is 11.5 Å². The first-order valence-corrected chi connectivity index (χ1v) is 10.9. The molecule has 4 atom stereocenters. The number of pyridine rings is 1. The van der Waals surface area contributed by atoms with Gasteiger partial charge in [0.05, 0.1) is 27.6 Å². The molecule has 2 aliphatic heterocycles. The number of carbonyl (C=O) groups excluding carboxylic acids is 2. The molecular formula is C23H19Cl2FN2O3. The van der Waals surface area contributed by atoms with Gasteiger partial charge in [0.25, 0.3) is 5.91 Å². The summed E-state index contributed by atoms with van der Waals surface area (Å²) >= 11 is 12.3. The Balaban J connectivity index is 1.67. The lowest BCUT2D eigenvalue weighted by Gasteiger charge is -2.36. The van der Waals surface area contributed by atoms with E-state index in [0.29, 0.717) is 34.3 Å². The zero-order valence-electron chi connectivity index (χ0n) is 16.6. The van der Waals surface area contributed by atoms with E-state index in [0.717, 1.165) is 5.56 Å². The minimum absolute atomic E-state index is 0.0305. The SMILES string of the molecule is Cc1ccnc(N2C(=O)C3=C(C(=O)C4CC(F)CCC4O3)C2c2ccc(Cl)c(Cl)c2)c1. The highest BCUT2D eigenvalue weighted by molar-refractivity contribution is 6.42. The largest absolute Gasteiger partial charge is 0.483 e. The van der Waals surface area contributed by atoms with Gasteiger partial charge in [-0.3, -0.25) is 14.5 Å². The number of ether oxygens (including phenoxy) is 1. The predicted molar refractivity (Wildman–Crippen MR) is 115 cm³/mol. The molecule has 1 saturated carbocycles. The highest BCUT2D eigenvalue weighted by atomic mass is 35.5. The minimum Gasteiger partial charge on any atom is -0.483 e. The molecule has 0 spiro atoms. The summed E-state index contributed by atoms with van der Waals surface area (Å²) in [4.78, 5) is 32.9. The number of hydrogen-bond acceptors (Lipinski definition) is 4. The summed E-state index contributed by atoms with van der Waals surface area (Å²) in [5.74, 6) is -0.848. The molecule has 0 radical (unpaired) electrons. The van der Waals surface area contributed by atoms with Crippen LogP contribution in [0.2, 0.25) is 10.0 Å². The topological polar surface area (TPSA) is 59.5 Å². The highest BCUT2D eigenvalue weighted by Crippen LogP contribution is 2.48. The van der Waals surface area contributed by atoms with Crippen molar-refractivity contribution in [1.82, 2.24) is 4.98 Å². The van der Waals surface area contributed by atoms with Gasteiger partial charge in [-0.2, -0.15) is 0 Å². The quantitative estimate of drug-likeness (QED) is 0.621. The van der Waals surface area contributed by atoms with E-state index in [-0.39, 0.29) is 23.5 Å². The van der Waals surface area contributed by atoms with Gasteiger partial charge in [0.2, 0.25) is 0 Å². The molecule has 8 heteroatoms. The summed E-state index contributed by atoms with van der Waals surface area (Å²) in [6.07, 6.45) is 0.905. The molecule has 0 bridgehead atoms. The zero-order chi connectivity index (χ0) is 21.9. The van der Waals surface area contributed by atoms with Crippen LogP contribution in [0.15, 0.2) is 47.9 Å². The summed E-state index contributed by atoms with van der Waals surface area (Å²) in [7, 11) is 0. The maximum Gasteiger partial charge on any atom is 0.295 e. The van der Waals surface area contributed by atoms with E-state index in [4.69, 9.17) is 27.9 Å². The molecule has 5 rings (SSSR count). The van der Waals surface area contributed by atoms with Crippen LogP contribution >= 0.6 is 23.2 Å². The van der Waals surface area contributed by atoms with Crippen molar-refractivity contribution in [3.8, 4) is 0 Å². The van der Waals surface area contributed by atoms with Crippen molar-refractivity contribution >= 4 is 40.7 Å². The Morgan fingerprint density at radius 1 is 1.13 bits per heavy atom. The highest BCUT2D eigenvalue weighted by Gasteiger charge is 2.53. The lowest BCUT2D eigenvalue weighted by molar-refractivity contribution is -0.133. The van der Waals surface area contributed by atoms with Crippen molar-refractivity contribution < 1.29 is 18.7 Å². The van der Waals surface area contributed by atoms with Crippen LogP contribution in [0.25, 0.3) is 0 Å². The molecular weight excluding hydrogens is 442 g/mol. The average Bonchev–Trinajstić information content (AvgIpc) is 3.03. The first-order chi connectivity index (χ1) is 14.8. The third kappa shape index (κ3) is 3.33. The number of amides is 1. The van der Waals surface area contributed by atoms with Crippen LogP contribution < -0.4 is 4.90 Å². The number of halogens is 3. The second-order valence-electron chi connectivity index (χ2n) is 8.22. The Morgan fingerprint density at radius 2 is 1.94 bits per heavy atom. The Labute approximate surface area is 188 Å². The van der Waals surface area contributed by atoms with Gasteiger partial charge in [0.1, 0.15) is 18.1 Å². The monoisotopic (exact) mass is 460 g/mol. The van der Waals surface area contributed by atoms with Crippen molar-refractivity contribution in [2.24, 2.45) is 5.92 Å². The molecule has 1 aromatic heterocycles. The van der Waals surface area contributed by atoms with Gasteiger partial charge < -0.3 is 4.74 Å². The van der Waals surface area contributed by atoms with Crippen LogP contribution in [-0.2, 0) is 14.3 Å². The molecule has 1 aromatic carbocycles.